The van der Waals surface area contributed by atoms with Crippen molar-refractivity contribution in [2.24, 2.45) is 5.41 Å². The Morgan fingerprint density at radius 3 is 2.76 bits per heavy atom. The lowest BCUT2D eigenvalue weighted by molar-refractivity contribution is -0.147. The van der Waals surface area contributed by atoms with Crippen molar-refractivity contribution in [1.82, 2.24) is 14.7 Å². The van der Waals surface area contributed by atoms with E-state index < -0.39 is 11.4 Å². The molecule has 1 aliphatic heterocycles. The van der Waals surface area contributed by atoms with Crippen molar-refractivity contribution in [1.29, 1.82) is 0 Å². The molecule has 2 heterocycles. The number of likely N-dealkylation sites (tertiary alicyclic amines) is 1. The van der Waals surface area contributed by atoms with Crippen LogP contribution in [0.5, 0.6) is 0 Å². The van der Waals surface area contributed by atoms with Crippen molar-refractivity contribution in [3.05, 3.63) is 46.7 Å². The van der Waals surface area contributed by atoms with E-state index in [1.54, 1.807) is 34.8 Å². The molecule has 1 atom stereocenters. The molecule has 0 bridgehead atoms. The van der Waals surface area contributed by atoms with Crippen LogP contribution >= 0.6 is 11.6 Å². The molecule has 0 aliphatic carbocycles. The van der Waals surface area contributed by atoms with E-state index in [9.17, 15) is 14.7 Å². The normalized spacial score (nSPS) is 20.0. The number of nitrogens with zero attached hydrogens (tertiary/aromatic N) is 3. The molecule has 1 fully saturated rings. The number of benzene rings is 1. The van der Waals surface area contributed by atoms with Crippen molar-refractivity contribution >= 4 is 23.5 Å². The van der Waals surface area contributed by atoms with Gasteiger partial charge < -0.3 is 10.0 Å². The summed E-state index contributed by atoms with van der Waals surface area (Å²) in [5.41, 5.74) is 1.21. The Bertz CT molecular complexity index is 833. The first kappa shape index (κ1) is 17.5. The van der Waals surface area contributed by atoms with E-state index in [0.29, 0.717) is 30.0 Å². The Balaban J connectivity index is 1.91. The molecule has 0 radical (unpaired) electrons. The summed E-state index contributed by atoms with van der Waals surface area (Å²) in [5, 5.41) is 14.3. The number of carbonyl (C=O) groups is 2. The summed E-state index contributed by atoms with van der Waals surface area (Å²) in [4.78, 5) is 25.9. The van der Waals surface area contributed by atoms with Crippen molar-refractivity contribution in [3.8, 4) is 5.69 Å². The summed E-state index contributed by atoms with van der Waals surface area (Å²) in [6.07, 6.45) is 2.63. The first-order valence-electron chi connectivity index (χ1n) is 8.21. The van der Waals surface area contributed by atoms with Gasteiger partial charge in [0.05, 0.1) is 28.6 Å². The molecule has 7 heteroatoms. The third kappa shape index (κ3) is 3.14. The van der Waals surface area contributed by atoms with Gasteiger partial charge in [-0.15, -0.1) is 0 Å². The highest BCUT2D eigenvalue weighted by molar-refractivity contribution is 6.30. The van der Waals surface area contributed by atoms with Crippen LogP contribution in [0.2, 0.25) is 5.02 Å². The number of carboxylic acids is 1. The lowest BCUT2D eigenvalue weighted by Crippen LogP contribution is -2.35. The minimum atomic E-state index is -0.884. The number of hydrogen-bond donors (Lipinski definition) is 1. The summed E-state index contributed by atoms with van der Waals surface area (Å²) in [6.45, 7) is 4.29. The number of rotatable bonds is 4. The zero-order valence-corrected chi connectivity index (χ0v) is 15.0. The maximum absolute atomic E-state index is 12.9. The van der Waals surface area contributed by atoms with Gasteiger partial charge >= 0.3 is 5.97 Å². The third-order valence-electron chi connectivity index (χ3n) is 4.76. The molecular formula is C18H20ClN3O3. The lowest BCUT2D eigenvalue weighted by atomic mass is 9.90. The predicted molar refractivity (Wildman–Crippen MR) is 94.2 cm³/mol. The van der Waals surface area contributed by atoms with Crippen LogP contribution in [0.25, 0.3) is 5.69 Å². The van der Waals surface area contributed by atoms with Gasteiger partial charge in [-0.25, -0.2) is 4.68 Å². The highest BCUT2D eigenvalue weighted by Gasteiger charge is 2.42. The van der Waals surface area contributed by atoms with Gasteiger partial charge in [0.1, 0.15) is 0 Å². The van der Waals surface area contributed by atoms with E-state index in [0.717, 1.165) is 11.4 Å². The molecule has 1 N–H and O–H groups in total. The van der Waals surface area contributed by atoms with E-state index >= 15 is 0 Å². The molecule has 2 aromatic rings. The van der Waals surface area contributed by atoms with Gasteiger partial charge in [0, 0.05) is 18.1 Å². The zero-order chi connectivity index (χ0) is 18.2. The van der Waals surface area contributed by atoms with Crippen LogP contribution in [0.4, 0.5) is 0 Å². The topological polar surface area (TPSA) is 75.4 Å². The van der Waals surface area contributed by atoms with Gasteiger partial charge in [-0.05, 0) is 38.0 Å². The molecule has 25 heavy (non-hydrogen) atoms. The lowest BCUT2D eigenvalue weighted by Gasteiger charge is -2.20. The fraction of sp³-hybridized carbons (Fsp3) is 0.389. The number of carboxylic acid groups (broad SMARTS) is 1. The fourth-order valence-electron chi connectivity index (χ4n) is 3.20. The van der Waals surface area contributed by atoms with Gasteiger partial charge in [0.2, 0.25) is 0 Å². The Kier molecular flexibility index (Phi) is 4.56. The van der Waals surface area contributed by atoms with Crippen LogP contribution in [-0.4, -0.2) is 44.8 Å². The standard InChI is InChI=1S/C18H20ClN3O3/c1-3-15-14(10-20-22(15)13-6-4-5-12(19)9-13)16(23)21-8-7-18(2,11-21)17(24)25/h4-6,9-10H,3,7-8,11H2,1-2H3,(H,24,25). The smallest absolute Gasteiger partial charge is 0.311 e. The molecule has 3 rings (SSSR count). The number of amides is 1. The number of carbonyl (C=O) groups excluding carboxylic acids is 1. The molecular weight excluding hydrogens is 342 g/mol. The van der Waals surface area contributed by atoms with Crippen LogP contribution in [0.1, 0.15) is 36.3 Å². The number of halogens is 1. The summed E-state index contributed by atoms with van der Waals surface area (Å²) < 4.78 is 1.71. The predicted octanol–water partition coefficient (Wildman–Crippen LogP) is 3.02. The molecule has 0 saturated carbocycles. The molecule has 6 nitrogen and oxygen atoms in total. The van der Waals surface area contributed by atoms with Crippen molar-refractivity contribution in [2.45, 2.75) is 26.7 Å². The first-order valence-corrected chi connectivity index (χ1v) is 8.59. The number of aromatic nitrogens is 2. The molecule has 1 saturated heterocycles. The van der Waals surface area contributed by atoms with Crippen LogP contribution in [0.3, 0.4) is 0 Å². The molecule has 1 aliphatic rings. The van der Waals surface area contributed by atoms with Gasteiger partial charge in [-0.3, -0.25) is 9.59 Å². The molecule has 1 aromatic carbocycles. The van der Waals surface area contributed by atoms with E-state index in [2.05, 4.69) is 5.10 Å². The Labute approximate surface area is 151 Å². The van der Waals surface area contributed by atoms with Crippen LogP contribution in [0, 0.1) is 5.41 Å². The Morgan fingerprint density at radius 2 is 2.16 bits per heavy atom. The molecule has 1 unspecified atom stereocenters. The van der Waals surface area contributed by atoms with Gasteiger partial charge in [0.25, 0.3) is 5.91 Å². The minimum absolute atomic E-state index is 0.171. The first-order chi connectivity index (χ1) is 11.9. The highest BCUT2D eigenvalue weighted by atomic mass is 35.5. The largest absolute Gasteiger partial charge is 0.481 e. The average Bonchev–Trinajstić information content (AvgIpc) is 3.18. The summed E-state index contributed by atoms with van der Waals surface area (Å²) in [6, 6.07) is 7.28. The fourth-order valence-corrected chi connectivity index (χ4v) is 3.39. The number of aliphatic carboxylic acids is 1. The van der Waals surface area contributed by atoms with Gasteiger partial charge in [-0.1, -0.05) is 24.6 Å². The van der Waals surface area contributed by atoms with E-state index in [4.69, 9.17) is 11.6 Å². The van der Waals surface area contributed by atoms with Gasteiger partial charge in [0.15, 0.2) is 0 Å². The molecule has 1 aromatic heterocycles. The summed E-state index contributed by atoms with van der Waals surface area (Å²) in [5.74, 6) is -1.04. The van der Waals surface area contributed by atoms with Crippen LogP contribution < -0.4 is 0 Å². The Hall–Kier alpha value is -2.34. The highest BCUT2D eigenvalue weighted by Crippen LogP contribution is 2.31. The maximum Gasteiger partial charge on any atom is 0.311 e. The maximum atomic E-state index is 12.9. The summed E-state index contributed by atoms with van der Waals surface area (Å²) in [7, 11) is 0. The van der Waals surface area contributed by atoms with Crippen molar-refractivity contribution in [3.63, 3.8) is 0 Å². The molecule has 132 valence electrons. The van der Waals surface area contributed by atoms with E-state index in [1.807, 2.05) is 19.1 Å². The number of hydrogen-bond acceptors (Lipinski definition) is 3. The zero-order valence-electron chi connectivity index (χ0n) is 14.2. The second-order valence-electron chi connectivity index (χ2n) is 6.59. The monoisotopic (exact) mass is 361 g/mol. The van der Waals surface area contributed by atoms with Gasteiger partial charge in [-0.2, -0.15) is 5.10 Å². The Morgan fingerprint density at radius 1 is 1.40 bits per heavy atom. The van der Waals surface area contributed by atoms with Crippen LogP contribution in [-0.2, 0) is 11.2 Å². The second kappa shape index (κ2) is 6.52. The van der Waals surface area contributed by atoms with E-state index in [-0.39, 0.29) is 12.5 Å². The van der Waals surface area contributed by atoms with Crippen molar-refractivity contribution < 1.29 is 14.7 Å². The second-order valence-corrected chi connectivity index (χ2v) is 7.03. The van der Waals surface area contributed by atoms with Crippen LogP contribution in [0.15, 0.2) is 30.5 Å². The SMILES string of the molecule is CCc1c(C(=O)N2CCC(C)(C(=O)O)C2)cnn1-c1cccc(Cl)c1. The molecule has 1 amide bonds. The van der Waals surface area contributed by atoms with E-state index in [1.165, 1.54) is 0 Å². The minimum Gasteiger partial charge on any atom is -0.481 e. The third-order valence-corrected chi connectivity index (χ3v) is 5.00. The van der Waals surface area contributed by atoms with Crippen molar-refractivity contribution in [2.75, 3.05) is 13.1 Å². The molecule has 0 spiro atoms. The quantitative estimate of drug-likeness (QED) is 0.908. The average molecular weight is 362 g/mol. The summed E-state index contributed by atoms with van der Waals surface area (Å²) >= 11 is 6.05.